The summed E-state index contributed by atoms with van der Waals surface area (Å²) in [6.45, 7) is 1.41. The lowest BCUT2D eigenvalue weighted by Crippen LogP contribution is -2.28. The Morgan fingerprint density at radius 1 is 1.05 bits per heavy atom. The van der Waals surface area contributed by atoms with Crippen molar-refractivity contribution in [1.82, 2.24) is 10.6 Å². The monoisotopic (exact) mass is 256 g/mol. The molecule has 0 fully saturated rings. The highest BCUT2D eigenvalue weighted by Gasteiger charge is 2.02. The SMILES string of the molecule is CNCCC(=O)NCCc1cccc2ccccc12. The van der Waals surface area contributed by atoms with Crippen LogP contribution in [0.15, 0.2) is 42.5 Å². The number of hydrogen-bond donors (Lipinski definition) is 2. The molecule has 19 heavy (non-hydrogen) atoms. The summed E-state index contributed by atoms with van der Waals surface area (Å²) in [5, 5.41) is 8.45. The van der Waals surface area contributed by atoms with Gasteiger partial charge in [0.25, 0.3) is 0 Å². The topological polar surface area (TPSA) is 41.1 Å². The van der Waals surface area contributed by atoms with E-state index in [1.54, 1.807) is 0 Å². The summed E-state index contributed by atoms with van der Waals surface area (Å²) >= 11 is 0. The first-order valence-electron chi connectivity index (χ1n) is 6.69. The molecule has 0 aliphatic carbocycles. The Labute approximate surface area is 114 Å². The summed E-state index contributed by atoms with van der Waals surface area (Å²) in [5.74, 6) is 0.106. The van der Waals surface area contributed by atoms with Crippen molar-refractivity contribution >= 4 is 16.7 Å². The molecule has 100 valence electrons. The van der Waals surface area contributed by atoms with Crippen LogP contribution in [0.3, 0.4) is 0 Å². The fourth-order valence-corrected chi connectivity index (χ4v) is 2.17. The third-order valence-electron chi connectivity index (χ3n) is 3.20. The van der Waals surface area contributed by atoms with Crippen molar-refractivity contribution in [2.75, 3.05) is 20.1 Å². The van der Waals surface area contributed by atoms with Crippen molar-refractivity contribution in [3.8, 4) is 0 Å². The number of nitrogens with one attached hydrogen (secondary N) is 2. The molecule has 0 saturated heterocycles. The maximum absolute atomic E-state index is 11.5. The number of carbonyl (C=O) groups excluding carboxylic acids is 1. The normalized spacial score (nSPS) is 10.6. The maximum Gasteiger partial charge on any atom is 0.221 e. The second-order valence-corrected chi connectivity index (χ2v) is 4.59. The molecule has 0 aliphatic heterocycles. The summed E-state index contributed by atoms with van der Waals surface area (Å²) < 4.78 is 0. The van der Waals surface area contributed by atoms with Crippen molar-refractivity contribution < 1.29 is 4.79 Å². The molecule has 0 radical (unpaired) electrons. The van der Waals surface area contributed by atoms with E-state index in [0.29, 0.717) is 13.0 Å². The molecule has 3 heteroatoms. The Balaban J connectivity index is 1.93. The molecule has 2 aromatic carbocycles. The van der Waals surface area contributed by atoms with Crippen LogP contribution in [0.2, 0.25) is 0 Å². The average molecular weight is 256 g/mol. The number of carbonyl (C=O) groups is 1. The van der Waals surface area contributed by atoms with Gasteiger partial charge in [0.05, 0.1) is 0 Å². The lowest BCUT2D eigenvalue weighted by molar-refractivity contribution is -0.120. The van der Waals surface area contributed by atoms with E-state index < -0.39 is 0 Å². The molecule has 0 saturated carbocycles. The maximum atomic E-state index is 11.5. The van der Waals surface area contributed by atoms with E-state index in [4.69, 9.17) is 0 Å². The Hall–Kier alpha value is -1.87. The number of hydrogen-bond acceptors (Lipinski definition) is 2. The van der Waals surface area contributed by atoms with Crippen LogP contribution in [0, 0.1) is 0 Å². The quantitative estimate of drug-likeness (QED) is 0.831. The van der Waals surface area contributed by atoms with Crippen molar-refractivity contribution in [3.63, 3.8) is 0 Å². The Morgan fingerprint density at radius 2 is 1.84 bits per heavy atom. The highest BCUT2D eigenvalue weighted by atomic mass is 16.1. The third kappa shape index (κ3) is 3.80. The van der Waals surface area contributed by atoms with Crippen molar-refractivity contribution in [1.29, 1.82) is 0 Å². The Bertz CT molecular complexity index is 546. The number of amides is 1. The van der Waals surface area contributed by atoms with Crippen LogP contribution in [0.1, 0.15) is 12.0 Å². The Morgan fingerprint density at radius 3 is 2.68 bits per heavy atom. The van der Waals surface area contributed by atoms with E-state index >= 15 is 0 Å². The summed E-state index contributed by atoms with van der Waals surface area (Å²) in [4.78, 5) is 11.5. The highest BCUT2D eigenvalue weighted by molar-refractivity contribution is 5.85. The molecule has 0 aromatic heterocycles. The van der Waals surface area contributed by atoms with Crippen LogP contribution in [0.4, 0.5) is 0 Å². The van der Waals surface area contributed by atoms with Gasteiger partial charge in [-0.1, -0.05) is 42.5 Å². The van der Waals surface area contributed by atoms with Gasteiger partial charge in [0.15, 0.2) is 0 Å². The van der Waals surface area contributed by atoms with Crippen molar-refractivity contribution in [2.24, 2.45) is 0 Å². The van der Waals surface area contributed by atoms with Gasteiger partial charge in [0.1, 0.15) is 0 Å². The van der Waals surface area contributed by atoms with Crippen LogP contribution < -0.4 is 10.6 Å². The molecule has 0 heterocycles. The minimum Gasteiger partial charge on any atom is -0.356 e. The van der Waals surface area contributed by atoms with Gasteiger partial charge < -0.3 is 10.6 Å². The first kappa shape index (κ1) is 13.6. The molecule has 0 aliphatic rings. The van der Waals surface area contributed by atoms with E-state index in [2.05, 4.69) is 47.0 Å². The van der Waals surface area contributed by atoms with Gasteiger partial charge in [-0.3, -0.25) is 4.79 Å². The summed E-state index contributed by atoms with van der Waals surface area (Å²) in [7, 11) is 1.85. The van der Waals surface area contributed by atoms with Crippen LogP contribution in [-0.2, 0) is 11.2 Å². The molecule has 2 rings (SSSR count). The van der Waals surface area contributed by atoms with Crippen molar-refractivity contribution in [2.45, 2.75) is 12.8 Å². The van der Waals surface area contributed by atoms with E-state index in [1.807, 2.05) is 13.1 Å². The first-order chi connectivity index (χ1) is 9.31. The van der Waals surface area contributed by atoms with Crippen LogP contribution in [0.25, 0.3) is 10.8 Å². The largest absolute Gasteiger partial charge is 0.356 e. The zero-order chi connectivity index (χ0) is 13.5. The Kier molecular flexibility index (Phi) is 4.93. The smallest absolute Gasteiger partial charge is 0.221 e. The fraction of sp³-hybridized carbons (Fsp3) is 0.312. The van der Waals surface area contributed by atoms with E-state index in [1.165, 1.54) is 16.3 Å². The van der Waals surface area contributed by atoms with Gasteiger partial charge in [-0.25, -0.2) is 0 Å². The second kappa shape index (κ2) is 6.90. The minimum atomic E-state index is 0.106. The molecule has 0 bridgehead atoms. The summed E-state index contributed by atoms with van der Waals surface area (Å²) in [6.07, 6.45) is 1.40. The highest BCUT2D eigenvalue weighted by Crippen LogP contribution is 2.18. The lowest BCUT2D eigenvalue weighted by atomic mass is 10.0. The molecule has 2 N–H and O–H groups in total. The van der Waals surface area contributed by atoms with Gasteiger partial charge in [-0.05, 0) is 29.8 Å². The van der Waals surface area contributed by atoms with Gasteiger partial charge in [0.2, 0.25) is 5.91 Å². The summed E-state index contributed by atoms with van der Waals surface area (Å²) in [5.41, 5.74) is 1.28. The fourth-order valence-electron chi connectivity index (χ4n) is 2.17. The first-order valence-corrected chi connectivity index (χ1v) is 6.69. The third-order valence-corrected chi connectivity index (χ3v) is 3.20. The predicted octanol–water partition coefficient (Wildman–Crippen LogP) is 2.11. The predicted molar refractivity (Wildman–Crippen MR) is 79.2 cm³/mol. The van der Waals surface area contributed by atoms with E-state index in [9.17, 15) is 4.79 Å². The van der Waals surface area contributed by atoms with Crippen LogP contribution >= 0.6 is 0 Å². The molecule has 3 nitrogen and oxygen atoms in total. The van der Waals surface area contributed by atoms with Gasteiger partial charge in [-0.15, -0.1) is 0 Å². The number of fused-ring (bicyclic) bond motifs is 1. The zero-order valence-corrected chi connectivity index (χ0v) is 11.3. The molecule has 0 atom stereocenters. The lowest BCUT2D eigenvalue weighted by Gasteiger charge is -2.08. The molecule has 1 amide bonds. The average Bonchev–Trinajstić information content (AvgIpc) is 2.45. The number of benzene rings is 2. The zero-order valence-electron chi connectivity index (χ0n) is 11.3. The second-order valence-electron chi connectivity index (χ2n) is 4.59. The van der Waals surface area contributed by atoms with E-state index in [0.717, 1.165) is 13.0 Å². The molecule has 2 aromatic rings. The van der Waals surface area contributed by atoms with Crippen LogP contribution in [-0.4, -0.2) is 26.0 Å². The molecular formula is C16H20N2O. The standard InChI is InChI=1S/C16H20N2O/c1-17-11-10-16(19)18-12-9-14-7-4-6-13-5-2-3-8-15(13)14/h2-8,17H,9-12H2,1H3,(H,18,19). The van der Waals surface area contributed by atoms with Crippen molar-refractivity contribution in [3.05, 3.63) is 48.0 Å². The van der Waals surface area contributed by atoms with Gasteiger partial charge >= 0.3 is 0 Å². The molecule has 0 spiro atoms. The van der Waals surface area contributed by atoms with Gasteiger partial charge in [-0.2, -0.15) is 0 Å². The molecular weight excluding hydrogens is 236 g/mol. The van der Waals surface area contributed by atoms with Crippen LogP contribution in [0.5, 0.6) is 0 Å². The number of rotatable bonds is 6. The minimum absolute atomic E-state index is 0.106. The molecule has 0 unspecified atom stereocenters. The summed E-state index contributed by atoms with van der Waals surface area (Å²) in [6, 6.07) is 14.7. The van der Waals surface area contributed by atoms with E-state index in [-0.39, 0.29) is 5.91 Å². The van der Waals surface area contributed by atoms with Gasteiger partial charge in [0, 0.05) is 19.5 Å².